The summed E-state index contributed by atoms with van der Waals surface area (Å²) in [6.45, 7) is 4.89. The molecular weight excluding hydrogens is 430 g/mol. The van der Waals surface area contributed by atoms with Crippen LogP contribution in [0.2, 0.25) is 5.02 Å². The molecule has 3 amide bonds. The van der Waals surface area contributed by atoms with Gasteiger partial charge in [0, 0.05) is 35.3 Å². The van der Waals surface area contributed by atoms with Crippen molar-refractivity contribution in [2.24, 2.45) is 5.92 Å². The Kier molecular flexibility index (Phi) is 6.37. The third-order valence-corrected chi connectivity index (χ3v) is 6.14. The fourth-order valence-electron chi connectivity index (χ4n) is 4.13. The number of rotatable bonds is 3. The molecule has 4 rings (SSSR count). The highest BCUT2D eigenvalue weighted by Crippen LogP contribution is 2.36. The highest BCUT2D eigenvalue weighted by Gasteiger charge is 2.34. The van der Waals surface area contributed by atoms with Crippen LogP contribution in [0, 0.1) is 5.92 Å². The summed E-state index contributed by atoms with van der Waals surface area (Å²) >= 11 is 6.15. The minimum absolute atomic E-state index is 0.0144. The number of hydrogen-bond acceptors (Lipinski definition) is 4. The van der Waals surface area contributed by atoms with Gasteiger partial charge in [0.25, 0.3) is 0 Å². The molecule has 0 saturated carbocycles. The molecule has 1 fully saturated rings. The van der Waals surface area contributed by atoms with Crippen LogP contribution in [0.1, 0.15) is 37.0 Å². The van der Waals surface area contributed by atoms with Crippen molar-refractivity contribution in [3.63, 3.8) is 0 Å². The first kappa shape index (κ1) is 22.1. The molecule has 2 aliphatic heterocycles. The van der Waals surface area contributed by atoms with E-state index in [9.17, 15) is 14.4 Å². The van der Waals surface area contributed by atoms with Gasteiger partial charge < -0.3 is 15.0 Å². The number of hydrogen-bond donors (Lipinski definition) is 1. The summed E-state index contributed by atoms with van der Waals surface area (Å²) in [5.74, 6) is 0.396. The van der Waals surface area contributed by atoms with Crippen molar-refractivity contribution < 1.29 is 19.1 Å². The number of Topliss-reactive ketones (excluding diaryl/α,β-unsaturated/α-hetero) is 1. The molecule has 2 aliphatic rings. The Balaban J connectivity index is 1.36. The molecule has 0 aromatic heterocycles. The summed E-state index contributed by atoms with van der Waals surface area (Å²) in [5.41, 5.74) is 1.94. The SMILES string of the molecule is CC(=O)c1ccc(NC(=O)C2CCN(C(=O)N3C[C@H](C)Oc4ccc(Cl)cc43)CC2)cc1. The number of nitrogens with one attached hydrogen (secondary N) is 1. The second-order valence-corrected chi connectivity index (χ2v) is 8.75. The van der Waals surface area contributed by atoms with Crippen molar-refractivity contribution in [3.05, 3.63) is 53.1 Å². The average molecular weight is 456 g/mol. The number of ether oxygens (including phenoxy) is 1. The number of halogens is 1. The van der Waals surface area contributed by atoms with Crippen LogP contribution in [-0.2, 0) is 4.79 Å². The monoisotopic (exact) mass is 455 g/mol. The van der Waals surface area contributed by atoms with Crippen LogP contribution in [0.15, 0.2) is 42.5 Å². The first-order valence-corrected chi connectivity index (χ1v) is 11.1. The van der Waals surface area contributed by atoms with Crippen molar-refractivity contribution in [3.8, 4) is 5.75 Å². The van der Waals surface area contributed by atoms with Crippen molar-refractivity contribution in [2.45, 2.75) is 32.8 Å². The highest BCUT2D eigenvalue weighted by atomic mass is 35.5. The zero-order valence-electron chi connectivity index (χ0n) is 18.1. The molecule has 8 heteroatoms. The van der Waals surface area contributed by atoms with E-state index in [1.54, 1.807) is 52.3 Å². The van der Waals surface area contributed by atoms with Crippen LogP contribution in [0.25, 0.3) is 0 Å². The lowest BCUT2D eigenvalue weighted by atomic mass is 9.96. The van der Waals surface area contributed by atoms with Crippen LogP contribution in [0.3, 0.4) is 0 Å². The Morgan fingerprint density at radius 2 is 1.75 bits per heavy atom. The molecule has 0 unspecified atom stereocenters. The molecule has 1 saturated heterocycles. The van der Waals surface area contributed by atoms with Crippen LogP contribution < -0.4 is 15.0 Å². The molecular formula is C24H26ClN3O4. The maximum atomic E-state index is 13.3. The molecule has 168 valence electrons. The topological polar surface area (TPSA) is 79.0 Å². The van der Waals surface area contributed by atoms with Crippen molar-refractivity contribution >= 4 is 40.7 Å². The Morgan fingerprint density at radius 3 is 2.41 bits per heavy atom. The standard InChI is InChI=1S/C24H26ClN3O4/c1-15-14-28(21-13-19(25)5-8-22(21)32-15)24(31)27-11-9-18(10-12-27)23(30)26-20-6-3-17(4-7-20)16(2)29/h3-8,13,15,18H,9-12,14H2,1-2H3,(H,26,30)/t15-/m0/s1. The highest BCUT2D eigenvalue weighted by molar-refractivity contribution is 6.31. The van der Waals surface area contributed by atoms with Gasteiger partial charge in [-0.2, -0.15) is 0 Å². The summed E-state index contributed by atoms with van der Waals surface area (Å²) in [5, 5.41) is 3.46. The van der Waals surface area contributed by atoms with E-state index in [0.717, 1.165) is 0 Å². The molecule has 0 bridgehead atoms. The van der Waals surface area contributed by atoms with E-state index < -0.39 is 0 Å². The first-order valence-electron chi connectivity index (χ1n) is 10.8. The van der Waals surface area contributed by atoms with E-state index in [0.29, 0.717) is 60.2 Å². The summed E-state index contributed by atoms with van der Waals surface area (Å²) in [4.78, 5) is 40.8. The number of nitrogens with zero attached hydrogens (tertiary/aromatic N) is 2. The summed E-state index contributed by atoms with van der Waals surface area (Å²) in [6, 6.07) is 12.1. The molecule has 0 radical (unpaired) electrons. The maximum Gasteiger partial charge on any atom is 0.324 e. The number of urea groups is 1. The second kappa shape index (κ2) is 9.20. The Labute approximate surface area is 192 Å². The number of ketones is 1. The fraction of sp³-hybridized carbons (Fsp3) is 0.375. The average Bonchev–Trinajstić information content (AvgIpc) is 2.79. The zero-order valence-corrected chi connectivity index (χ0v) is 18.9. The summed E-state index contributed by atoms with van der Waals surface area (Å²) < 4.78 is 5.84. The van der Waals surface area contributed by atoms with Gasteiger partial charge in [-0.1, -0.05) is 11.6 Å². The van der Waals surface area contributed by atoms with Crippen molar-refractivity contribution in [1.82, 2.24) is 4.90 Å². The van der Waals surface area contributed by atoms with Crippen LogP contribution in [0.5, 0.6) is 5.75 Å². The molecule has 1 atom stereocenters. The number of anilines is 2. The Morgan fingerprint density at radius 1 is 1.06 bits per heavy atom. The first-order chi connectivity index (χ1) is 15.3. The molecule has 2 heterocycles. The molecule has 2 aromatic rings. The van der Waals surface area contributed by atoms with Gasteiger partial charge in [-0.3, -0.25) is 14.5 Å². The van der Waals surface area contributed by atoms with Gasteiger partial charge in [0.15, 0.2) is 5.78 Å². The number of carbonyl (C=O) groups is 3. The summed E-state index contributed by atoms with van der Waals surface area (Å²) in [6.07, 6.45) is 1.06. The lowest BCUT2D eigenvalue weighted by molar-refractivity contribution is -0.121. The number of carbonyl (C=O) groups excluding carboxylic acids is 3. The normalized spacial score (nSPS) is 18.5. The van der Waals surface area contributed by atoms with E-state index in [1.807, 2.05) is 6.92 Å². The zero-order chi connectivity index (χ0) is 22.8. The molecule has 0 spiro atoms. The predicted octanol–water partition coefficient (Wildman–Crippen LogP) is 4.60. The Bertz CT molecular complexity index is 1030. The van der Waals surface area contributed by atoms with E-state index in [4.69, 9.17) is 16.3 Å². The molecule has 2 aromatic carbocycles. The minimum atomic E-state index is -0.170. The minimum Gasteiger partial charge on any atom is -0.487 e. The van der Waals surface area contributed by atoms with E-state index in [2.05, 4.69) is 5.32 Å². The van der Waals surface area contributed by atoms with Gasteiger partial charge in [0.1, 0.15) is 11.9 Å². The number of amides is 3. The van der Waals surface area contributed by atoms with Gasteiger partial charge in [-0.15, -0.1) is 0 Å². The van der Waals surface area contributed by atoms with Gasteiger partial charge in [0.05, 0.1) is 12.2 Å². The fourth-order valence-corrected chi connectivity index (χ4v) is 4.29. The van der Waals surface area contributed by atoms with Gasteiger partial charge in [0.2, 0.25) is 5.91 Å². The number of piperidine rings is 1. The lowest BCUT2D eigenvalue weighted by Crippen LogP contribution is -2.51. The van der Waals surface area contributed by atoms with Gasteiger partial charge in [-0.25, -0.2) is 4.79 Å². The maximum absolute atomic E-state index is 13.3. The predicted molar refractivity (Wildman–Crippen MR) is 124 cm³/mol. The largest absolute Gasteiger partial charge is 0.487 e. The third kappa shape index (κ3) is 4.72. The van der Waals surface area contributed by atoms with E-state index in [1.165, 1.54) is 6.92 Å². The Hall–Kier alpha value is -3.06. The molecule has 7 nitrogen and oxygen atoms in total. The third-order valence-electron chi connectivity index (χ3n) is 5.91. The molecule has 1 N–H and O–H groups in total. The van der Waals surface area contributed by atoms with E-state index >= 15 is 0 Å². The summed E-state index contributed by atoms with van der Waals surface area (Å²) in [7, 11) is 0. The quantitative estimate of drug-likeness (QED) is 0.686. The molecule has 0 aliphatic carbocycles. The smallest absolute Gasteiger partial charge is 0.324 e. The van der Waals surface area contributed by atoms with Crippen LogP contribution in [0.4, 0.5) is 16.2 Å². The number of likely N-dealkylation sites (tertiary alicyclic amines) is 1. The number of fused-ring (bicyclic) bond motifs is 1. The molecule has 32 heavy (non-hydrogen) atoms. The van der Waals surface area contributed by atoms with E-state index in [-0.39, 0.29) is 29.7 Å². The van der Waals surface area contributed by atoms with Crippen LogP contribution in [-0.4, -0.2) is 48.4 Å². The number of benzene rings is 2. The van der Waals surface area contributed by atoms with Gasteiger partial charge >= 0.3 is 6.03 Å². The lowest BCUT2D eigenvalue weighted by Gasteiger charge is -2.39. The van der Waals surface area contributed by atoms with Crippen molar-refractivity contribution in [1.29, 1.82) is 0 Å². The second-order valence-electron chi connectivity index (χ2n) is 8.32. The van der Waals surface area contributed by atoms with Gasteiger partial charge in [-0.05, 0) is 69.2 Å². The van der Waals surface area contributed by atoms with Crippen LogP contribution >= 0.6 is 11.6 Å². The van der Waals surface area contributed by atoms with Crippen molar-refractivity contribution in [2.75, 3.05) is 29.9 Å².